The summed E-state index contributed by atoms with van der Waals surface area (Å²) in [6.45, 7) is 3.37. The average Bonchev–Trinajstić information content (AvgIpc) is 2.98. The maximum absolute atomic E-state index is 12.4. The molecule has 1 saturated heterocycles. The predicted octanol–water partition coefficient (Wildman–Crippen LogP) is 3.42. The highest BCUT2D eigenvalue weighted by molar-refractivity contribution is 5.77. The van der Waals surface area contributed by atoms with Gasteiger partial charge in [-0.15, -0.1) is 0 Å². The highest BCUT2D eigenvalue weighted by Crippen LogP contribution is 2.36. The zero-order valence-electron chi connectivity index (χ0n) is 14.1. The van der Waals surface area contributed by atoms with E-state index >= 15 is 0 Å². The number of rotatable bonds is 4. The van der Waals surface area contributed by atoms with Crippen LogP contribution >= 0.6 is 0 Å². The second-order valence-electron chi connectivity index (χ2n) is 7.35. The van der Waals surface area contributed by atoms with Crippen molar-refractivity contribution in [1.82, 2.24) is 15.0 Å². The number of carbonyl (C=O) groups excluding carboxylic acids is 1. The summed E-state index contributed by atoms with van der Waals surface area (Å²) in [6.07, 6.45) is 4.96. The number of hydrogen-bond acceptors (Lipinski definition) is 4. The maximum Gasteiger partial charge on any atom is 0.229 e. The van der Waals surface area contributed by atoms with Gasteiger partial charge in [0.1, 0.15) is 0 Å². The molecule has 0 radical (unpaired) electrons. The highest BCUT2D eigenvalue weighted by Gasteiger charge is 2.37. The molecule has 0 bridgehead atoms. The molecule has 1 aliphatic heterocycles. The third-order valence-electron chi connectivity index (χ3n) is 5.52. The molecule has 1 aliphatic carbocycles. The van der Waals surface area contributed by atoms with E-state index in [1.54, 1.807) is 0 Å². The molecule has 0 spiro atoms. The van der Waals surface area contributed by atoms with E-state index in [4.69, 9.17) is 4.52 Å². The van der Waals surface area contributed by atoms with Crippen LogP contribution in [0.4, 0.5) is 0 Å². The van der Waals surface area contributed by atoms with E-state index in [0.29, 0.717) is 31.3 Å². The lowest BCUT2D eigenvalue weighted by Crippen LogP contribution is -2.47. The molecule has 2 heterocycles. The Balaban J connectivity index is 1.49. The Morgan fingerprint density at radius 3 is 2.79 bits per heavy atom. The molecule has 5 nitrogen and oxygen atoms in total. The quantitative estimate of drug-likeness (QED) is 0.864. The lowest BCUT2D eigenvalue weighted by molar-refractivity contribution is -0.136. The number of piperidine rings is 1. The molecule has 4 rings (SSSR count). The van der Waals surface area contributed by atoms with Gasteiger partial charge in [0.25, 0.3) is 0 Å². The van der Waals surface area contributed by atoms with Crippen molar-refractivity contribution in [3.05, 3.63) is 47.6 Å². The van der Waals surface area contributed by atoms with Crippen LogP contribution in [0.5, 0.6) is 0 Å². The van der Waals surface area contributed by atoms with Crippen LogP contribution in [0.2, 0.25) is 0 Å². The number of aromatic nitrogens is 2. The van der Waals surface area contributed by atoms with E-state index in [9.17, 15) is 4.79 Å². The fraction of sp³-hybridized carbons (Fsp3) is 0.526. The third kappa shape index (κ3) is 2.83. The summed E-state index contributed by atoms with van der Waals surface area (Å²) >= 11 is 0. The molecule has 1 aromatic heterocycles. The molecular formula is C19H23N3O2. The number of likely N-dealkylation sites (tertiary alicyclic amines) is 1. The van der Waals surface area contributed by atoms with Crippen molar-refractivity contribution in [3.8, 4) is 0 Å². The summed E-state index contributed by atoms with van der Waals surface area (Å²) in [5.74, 6) is 1.98. The van der Waals surface area contributed by atoms with Gasteiger partial charge in [-0.05, 0) is 24.8 Å². The Bertz CT molecular complexity index is 723. The van der Waals surface area contributed by atoms with E-state index in [-0.39, 0.29) is 11.3 Å². The monoisotopic (exact) mass is 325 g/mol. The smallest absolute Gasteiger partial charge is 0.229 e. The van der Waals surface area contributed by atoms with Crippen LogP contribution < -0.4 is 0 Å². The summed E-state index contributed by atoms with van der Waals surface area (Å²) in [7, 11) is 0. The first-order chi connectivity index (χ1) is 11.6. The molecule has 24 heavy (non-hydrogen) atoms. The number of benzene rings is 1. The first-order valence-electron chi connectivity index (χ1n) is 8.80. The Morgan fingerprint density at radius 2 is 2.08 bits per heavy atom. The van der Waals surface area contributed by atoms with Crippen molar-refractivity contribution in [3.63, 3.8) is 0 Å². The van der Waals surface area contributed by atoms with Gasteiger partial charge in [-0.2, -0.15) is 4.98 Å². The van der Waals surface area contributed by atoms with E-state index in [1.165, 1.54) is 12.0 Å². The van der Waals surface area contributed by atoms with Crippen LogP contribution in [0.15, 0.2) is 34.9 Å². The van der Waals surface area contributed by atoms with Gasteiger partial charge in [-0.25, -0.2) is 0 Å². The Kier molecular flexibility index (Phi) is 3.87. The lowest BCUT2D eigenvalue weighted by atomic mass is 9.75. The van der Waals surface area contributed by atoms with Crippen molar-refractivity contribution in [2.75, 3.05) is 6.54 Å². The number of amides is 1. The molecule has 1 aromatic carbocycles. The van der Waals surface area contributed by atoms with Crippen molar-refractivity contribution in [2.24, 2.45) is 0 Å². The van der Waals surface area contributed by atoms with Crippen LogP contribution in [-0.2, 0) is 16.8 Å². The zero-order chi connectivity index (χ0) is 16.6. The van der Waals surface area contributed by atoms with Gasteiger partial charge < -0.3 is 9.42 Å². The highest BCUT2D eigenvalue weighted by atomic mass is 16.5. The van der Waals surface area contributed by atoms with Crippen molar-refractivity contribution >= 4 is 5.91 Å². The van der Waals surface area contributed by atoms with Crippen LogP contribution in [-0.4, -0.2) is 27.5 Å². The molecule has 5 heteroatoms. The first kappa shape index (κ1) is 15.4. The van der Waals surface area contributed by atoms with Crippen molar-refractivity contribution < 1.29 is 9.32 Å². The Labute approximate surface area is 142 Å². The fourth-order valence-corrected chi connectivity index (χ4v) is 3.67. The second kappa shape index (κ2) is 6.04. The van der Waals surface area contributed by atoms with Gasteiger partial charge >= 0.3 is 0 Å². The molecule has 1 saturated carbocycles. The molecule has 1 atom stereocenters. The zero-order valence-corrected chi connectivity index (χ0v) is 14.1. The summed E-state index contributed by atoms with van der Waals surface area (Å²) in [4.78, 5) is 18.8. The normalized spacial score (nSPS) is 24.9. The minimum Gasteiger partial charge on any atom is -0.339 e. The molecule has 0 N–H and O–H groups in total. The van der Waals surface area contributed by atoms with Crippen LogP contribution in [0.3, 0.4) is 0 Å². The van der Waals surface area contributed by atoms with E-state index in [1.807, 2.05) is 11.0 Å². The molecule has 2 fully saturated rings. The minimum absolute atomic E-state index is 0.0181. The van der Waals surface area contributed by atoms with Gasteiger partial charge in [0.05, 0.1) is 6.54 Å². The number of carbonyl (C=O) groups is 1. The standard InChI is InChI=1S/C19H23N3O2/c1-19(15-8-3-2-4-9-15)11-10-17(23)22(13-19)12-16-20-18(24-21-16)14-6-5-7-14/h2-4,8-9,14H,5-7,10-13H2,1H3/t19-/m1/s1. The first-order valence-corrected chi connectivity index (χ1v) is 8.80. The van der Waals surface area contributed by atoms with Gasteiger partial charge in [-0.1, -0.05) is 48.8 Å². The molecule has 2 aromatic rings. The Morgan fingerprint density at radius 1 is 1.29 bits per heavy atom. The third-order valence-corrected chi connectivity index (χ3v) is 5.52. The second-order valence-corrected chi connectivity index (χ2v) is 7.35. The van der Waals surface area contributed by atoms with Crippen molar-refractivity contribution in [1.29, 1.82) is 0 Å². The number of nitrogens with zero attached hydrogens (tertiary/aromatic N) is 3. The predicted molar refractivity (Wildman–Crippen MR) is 89.3 cm³/mol. The van der Waals surface area contributed by atoms with E-state index in [2.05, 4.69) is 41.3 Å². The van der Waals surface area contributed by atoms with Crippen LogP contribution in [0.1, 0.15) is 62.2 Å². The summed E-state index contributed by atoms with van der Waals surface area (Å²) in [5, 5.41) is 4.09. The van der Waals surface area contributed by atoms with Gasteiger partial charge in [0.15, 0.2) is 5.82 Å². The van der Waals surface area contributed by atoms with E-state index < -0.39 is 0 Å². The summed E-state index contributed by atoms with van der Waals surface area (Å²) < 4.78 is 5.38. The Hall–Kier alpha value is -2.17. The number of hydrogen-bond donors (Lipinski definition) is 0. The molecule has 1 amide bonds. The van der Waals surface area contributed by atoms with Crippen LogP contribution in [0, 0.1) is 0 Å². The molecule has 2 aliphatic rings. The average molecular weight is 325 g/mol. The van der Waals surface area contributed by atoms with Crippen molar-refractivity contribution in [2.45, 2.75) is 56.9 Å². The maximum atomic E-state index is 12.4. The van der Waals surface area contributed by atoms with Gasteiger partial charge in [0, 0.05) is 24.3 Å². The van der Waals surface area contributed by atoms with Gasteiger partial charge in [0.2, 0.25) is 11.8 Å². The summed E-state index contributed by atoms with van der Waals surface area (Å²) in [5.41, 5.74) is 1.26. The van der Waals surface area contributed by atoms with E-state index in [0.717, 1.165) is 25.2 Å². The lowest BCUT2D eigenvalue weighted by Gasteiger charge is -2.40. The SMILES string of the molecule is C[C@@]1(c2ccccc2)CCC(=O)N(Cc2noc(C3CCC3)n2)C1. The molecular weight excluding hydrogens is 302 g/mol. The minimum atomic E-state index is -0.0181. The topological polar surface area (TPSA) is 59.2 Å². The fourth-order valence-electron chi connectivity index (χ4n) is 3.67. The summed E-state index contributed by atoms with van der Waals surface area (Å²) in [6, 6.07) is 10.4. The van der Waals surface area contributed by atoms with Crippen LogP contribution in [0.25, 0.3) is 0 Å². The molecule has 0 unspecified atom stereocenters. The molecule has 126 valence electrons. The van der Waals surface area contributed by atoms with Gasteiger partial charge in [-0.3, -0.25) is 4.79 Å². The largest absolute Gasteiger partial charge is 0.339 e.